The number of nitrogens with one attached hydrogen (secondary N) is 2. The topological polar surface area (TPSA) is 143 Å². The Bertz CT molecular complexity index is 1760. The molecule has 18 heteroatoms. The van der Waals surface area contributed by atoms with Crippen LogP contribution in [0.15, 0.2) is 36.5 Å². The van der Waals surface area contributed by atoms with Crippen molar-refractivity contribution in [1.29, 1.82) is 5.26 Å². The van der Waals surface area contributed by atoms with Gasteiger partial charge in [-0.15, -0.1) is 10.2 Å². The monoisotopic (exact) mass is 639 g/mol. The molecule has 3 heterocycles. The maximum absolute atomic E-state index is 13.6. The molecule has 0 aliphatic rings. The lowest BCUT2D eigenvalue weighted by atomic mass is 10.0. The number of hydrogen-bond donors (Lipinski definition) is 2. The molecule has 1 aromatic carbocycles. The second-order valence-corrected chi connectivity index (χ2v) is 9.98. The average Bonchev–Trinajstić information content (AvgIpc) is 3.54. The first-order valence-corrected chi connectivity index (χ1v) is 12.8. The zero-order valence-electron chi connectivity index (χ0n) is 22.8. The second kappa shape index (κ2) is 12.0. The van der Waals surface area contributed by atoms with Crippen LogP contribution in [0.4, 0.5) is 32.0 Å². The molecule has 11 nitrogen and oxygen atoms in total. The van der Waals surface area contributed by atoms with Crippen LogP contribution in [0.3, 0.4) is 0 Å². The number of halogens is 7. The van der Waals surface area contributed by atoms with E-state index in [1.54, 1.807) is 20.8 Å². The number of amides is 2. The lowest BCUT2D eigenvalue weighted by molar-refractivity contribution is -0.165. The summed E-state index contributed by atoms with van der Waals surface area (Å²) in [6.07, 6.45) is -9.59. The number of carbonyl (C=O) groups excluding carboxylic acids is 2. The summed E-state index contributed by atoms with van der Waals surface area (Å²) in [5, 5.41) is 24.7. The SMILES string of the molecule is Cc1cc(C#N)cc(C(=O)NC(C)C)c1NC(=O)c1cc(Cn2nc(C(F)(F)F)c(C(F)(F)F)n2)nn1-c1ncccc1Cl. The summed E-state index contributed by atoms with van der Waals surface area (Å²) in [7, 11) is 0. The number of alkyl halides is 6. The number of hydrogen-bond acceptors (Lipinski definition) is 7. The number of carbonyl (C=O) groups is 2. The van der Waals surface area contributed by atoms with Gasteiger partial charge in [-0.3, -0.25) is 9.59 Å². The van der Waals surface area contributed by atoms with E-state index in [-0.39, 0.29) is 49.9 Å². The minimum atomic E-state index is -5.45. The minimum Gasteiger partial charge on any atom is -0.350 e. The van der Waals surface area contributed by atoms with Gasteiger partial charge in [0.25, 0.3) is 11.8 Å². The Morgan fingerprint density at radius 1 is 1.02 bits per heavy atom. The predicted molar refractivity (Wildman–Crippen MR) is 142 cm³/mol. The van der Waals surface area contributed by atoms with Crippen LogP contribution in [-0.4, -0.2) is 47.6 Å². The molecule has 3 aromatic heterocycles. The van der Waals surface area contributed by atoms with Crippen LogP contribution >= 0.6 is 11.6 Å². The van der Waals surface area contributed by atoms with Gasteiger partial charge >= 0.3 is 12.4 Å². The summed E-state index contributed by atoms with van der Waals surface area (Å²) >= 11 is 6.24. The number of nitrogens with zero attached hydrogens (tertiary/aromatic N) is 7. The molecule has 0 atom stereocenters. The van der Waals surface area contributed by atoms with Gasteiger partial charge in [0.2, 0.25) is 0 Å². The number of aromatic nitrogens is 6. The molecule has 0 unspecified atom stereocenters. The molecule has 0 saturated carbocycles. The fourth-order valence-corrected chi connectivity index (χ4v) is 4.23. The molecule has 0 bridgehead atoms. The smallest absolute Gasteiger partial charge is 0.350 e. The largest absolute Gasteiger partial charge is 0.437 e. The van der Waals surface area contributed by atoms with Gasteiger partial charge in [-0.2, -0.15) is 41.5 Å². The Kier molecular flexibility index (Phi) is 8.68. The van der Waals surface area contributed by atoms with Crippen LogP contribution in [0.2, 0.25) is 5.02 Å². The highest BCUT2D eigenvalue weighted by molar-refractivity contribution is 6.32. The lowest BCUT2D eigenvalue weighted by Gasteiger charge is -2.16. The van der Waals surface area contributed by atoms with Crippen molar-refractivity contribution in [2.45, 2.75) is 45.7 Å². The van der Waals surface area contributed by atoms with Crippen molar-refractivity contribution in [3.63, 3.8) is 0 Å². The van der Waals surface area contributed by atoms with Gasteiger partial charge in [0.15, 0.2) is 17.2 Å². The third-order valence-corrected chi connectivity index (χ3v) is 6.09. The average molecular weight is 640 g/mol. The van der Waals surface area contributed by atoms with Crippen LogP contribution in [0.1, 0.15) is 62.9 Å². The van der Waals surface area contributed by atoms with Crippen LogP contribution in [0, 0.1) is 18.3 Å². The summed E-state index contributed by atoms with van der Waals surface area (Å²) in [6.45, 7) is 4.14. The number of benzene rings is 1. The fraction of sp³-hybridized carbons (Fsp3) is 0.269. The van der Waals surface area contributed by atoms with Crippen LogP contribution in [0.25, 0.3) is 5.82 Å². The van der Waals surface area contributed by atoms with Gasteiger partial charge in [-0.05, 0) is 56.7 Å². The van der Waals surface area contributed by atoms with E-state index in [9.17, 15) is 41.2 Å². The molecule has 0 fully saturated rings. The molecule has 2 amide bonds. The van der Waals surface area contributed by atoms with Crippen molar-refractivity contribution in [2.24, 2.45) is 0 Å². The standard InChI is InChI=1S/C26H20ClF6N9O2/c1-12(2)36-23(43)16-8-14(10-34)7-13(3)19(16)37-24(44)18-9-15(38-42(18)22-17(27)5-4-6-35-22)11-41-39-20(25(28,29)30)21(40-41)26(31,32)33/h4-9,12H,11H2,1-3H3,(H,36,43)(H,37,44). The maximum Gasteiger partial charge on any atom is 0.437 e. The number of rotatable bonds is 7. The molecule has 4 aromatic rings. The molecular formula is C26H20ClF6N9O2. The third kappa shape index (κ3) is 6.80. The van der Waals surface area contributed by atoms with Crippen molar-refractivity contribution in [1.82, 2.24) is 35.1 Å². The zero-order valence-corrected chi connectivity index (χ0v) is 23.6. The van der Waals surface area contributed by atoms with Gasteiger partial charge in [0, 0.05) is 12.2 Å². The highest BCUT2D eigenvalue weighted by Gasteiger charge is 2.48. The molecule has 0 aliphatic carbocycles. The van der Waals surface area contributed by atoms with E-state index >= 15 is 0 Å². The first kappa shape index (κ1) is 31.9. The first-order chi connectivity index (χ1) is 20.5. The molecule has 44 heavy (non-hydrogen) atoms. The van der Waals surface area contributed by atoms with Gasteiger partial charge in [-0.25, -0.2) is 9.67 Å². The summed E-state index contributed by atoms with van der Waals surface area (Å²) in [6, 6.07) is 8.29. The number of anilines is 1. The Balaban J connectivity index is 1.80. The van der Waals surface area contributed by atoms with Gasteiger partial charge in [0.05, 0.1) is 33.6 Å². The van der Waals surface area contributed by atoms with E-state index in [1.165, 1.54) is 30.5 Å². The van der Waals surface area contributed by atoms with Gasteiger partial charge in [0.1, 0.15) is 12.2 Å². The predicted octanol–water partition coefficient (Wildman–Crippen LogP) is 5.17. The van der Waals surface area contributed by atoms with Crippen molar-refractivity contribution in [3.05, 3.63) is 81.0 Å². The van der Waals surface area contributed by atoms with E-state index in [1.807, 2.05) is 6.07 Å². The van der Waals surface area contributed by atoms with Crippen molar-refractivity contribution in [3.8, 4) is 11.9 Å². The molecule has 0 aliphatic heterocycles. The Morgan fingerprint density at radius 3 is 2.20 bits per heavy atom. The highest BCUT2D eigenvalue weighted by atomic mass is 35.5. The van der Waals surface area contributed by atoms with Crippen LogP contribution in [0.5, 0.6) is 0 Å². The maximum atomic E-state index is 13.6. The molecule has 0 saturated heterocycles. The van der Waals surface area contributed by atoms with E-state index < -0.39 is 42.1 Å². The minimum absolute atomic E-state index is 0.00122. The van der Waals surface area contributed by atoms with E-state index in [0.717, 1.165) is 10.7 Å². The Hall–Kier alpha value is -4.98. The van der Waals surface area contributed by atoms with E-state index in [4.69, 9.17) is 11.6 Å². The van der Waals surface area contributed by atoms with Crippen molar-refractivity contribution >= 4 is 29.1 Å². The lowest BCUT2D eigenvalue weighted by Crippen LogP contribution is -2.31. The summed E-state index contributed by atoms with van der Waals surface area (Å²) < 4.78 is 80.5. The summed E-state index contributed by atoms with van der Waals surface area (Å²) in [5.41, 5.74) is -4.53. The molecular weight excluding hydrogens is 620 g/mol. The number of aryl methyl sites for hydroxylation is 1. The van der Waals surface area contributed by atoms with Gasteiger partial charge < -0.3 is 10.6 Å². The second-order valence-electron chi connectivity index (χ2n) is 9.57. The van der Waals surface area contributed by atoms with E-state index in [2.05, 4.69) is 30.9 Å². The third-order valence-electron chi connectivity index (χ3n) is 5.80. The van der Waals surface area contributed by atoms with Crippen LogP contribution in [-0.2, 0) is 18.9 Å². The molecule has 0 radical (unpaired) electrons. The molecule has 2 N–H and O–H groups in total. The van der Waals surface area contributed by atoms with E-state index in [0.29, 0.717) is 5.56 Å². The first-order valence-electron chi connectivity index (χ1n) is 12.5. The van der Waals surface area contributed by atoms with Crippen LogP contribution < -0.4 is 10.6 Å². The van der Waals surface area contributed by atoms with Gasteiger partial charge in [-0.1, -0.05) is 11.6 Å². The zero-order chi connectivity index (χ0) is 32.6. The quantitative estimate of drug-likeness (QED) is 0.266. The molecule has 230 valence electrons. The Morgan fingerprint density at radius 2 is 1.66 bits per heavy atom. The van der Waals surface area contributed by atoms with Crippen molar-refractivity contribution < 1.29 is 35.9 Å². The summed E-state index contributed by atoms with van der Waals surface area (Å²) in [5.74, 6) is -1.60. The number of pyridine rings is 1. The number of nitriles is 1. The van der Waals surface area contributed by atoms with Crippen molar-refractivity contribution in [2.75, 3.05) is 5.32 Å². The highest BCUT2D eigenvalue weighted by Crippen LogP contribution is 2.38. The molecule has 0 spiro atoms. The Labute approximate surface area is 249 Å². The normalized spacial score (nSPS) is 11.9. The summed E-state index contributed by atoms with van der Waals surface area (Å²) in [4.78, 5) is 30.8. The fourth-order valence-electron chi connectivity index (χ4n) is 4.02. The molecule has 4 rings (SSSR count).